The molecule has 0 unspecified atom stereocenters. The van der Waals surface area contributed by atoms with E-state index in [0.717, 1.165) is 16.6 Å². The lowest BCUT2D eigenvalue weighted by molar-refractivity contribution is 0.515. The van der Waals surface area contributed by atoms with Crippen LogP contribution in [0.2, 0.25) is 0 Å². The number of rotatable bonds is 2. The molecule has 0 aliphatic rings. The van der Waals surface area contributed by atoms with Crippen LogP contribution in [0.25, 0.3) is 0 Å². The van der Waals surface area contributed by atoms with Gasteiger partial charge in [-0.2, -0.15) is 5.10 Å². The molecular formula is C8H14BrN3. The summed E-state index contributed by atoms with van der Waals surface area (Å²) in [6.45, 7) is 4.01. The van der Waals surface area contributed by atoms with Crippen LogP contribution in [-0.2, 0) is 13.5 Å². The Bertz CT molecular complexity index is 272. The molecule has 68 valence electrons. The summed E-state index contributed by atoms with van der Waals surface area (Å²) in [5.41, 5.74) is 6.87. The van der Waals surface area contributed by atoms with Gasteiger partial charge in [-0.05, 0) is 36.2 Å². The van der Waals surface area contributed by atoms with Crippen LogP contribution in [-0.4, -0.2) is 15.3 Å². The van der Waals surface area contributed by atoms with Gasteiger partial charge in [-0.25, -0.2) is 0 Å². The van der Waals surface area contributed by atoms with Crippen molar-refractivity contribution in [1.82, 2.24) is 9.78 Å². The molecule has 0 bridgehead atoms. The summed E-state index contributed by atoms with van der Waals surface area (Å²) >= 11 is 3.45. The van der Waals surface area contributed by atoms with E-state index in [-0.39, 0.29) is 5.54 Å². The van der Waals surface area contributed by atoms with Gasteiger partial charge in [0.2, 0.25) is 0 Å². The predicted molar refractivity (Wildman–Crippen MR) is 52.9 cm³/mol. The fourth-order valence-electron chi connectivity index (χ4n) is 1.08. The minimum atomic E-state index is -0.175. The summed E-state index contributed by atoms with van der Waals surface area (Å²) < 4.78 is 2.81. The first-order valence-corrected chi connectivity index (χ1v) is 4.65. The highest BCUT2D eigenvalue weighted by molar-refractivity contribution is 9.10. The molecule has 0 aliphatic carbocycles. The van der Waals surface area contributed by atoms with Crippen molar-refractivity contribution in [1.29, 1.82) is 0 Å². The molecule has 12 heavy (non-hydrogen) atoms. The van der Waals surface area contributed by atoms with Crippen molar-refractivity contribution in [2.75, 3.05) is 0 Å². The highest BCUT2D eigenvalue weighted by Gasteiger charge is 2.15. The second kappa shape index (κ2) is 3.18. The van der Waals surface area contributed by atoms with Gasteiger partial charge in [0.15, 0.2) is 0 Å². The molecule has 4 heteroatoms. The van der Waals surface area contributed by atoms with Gasteiger partial charge >= 0.3 is 0 Å². The van der Waals surface area contributed by atoms with Crippen LogP contribution in [0.3, 0.4) is 0 Å². The molecule has 1 aromatic rings. The second-order valence-electron chi connectivity index (χ2n) is 3.75. The molecule has 0 radical (unpaired) electrons. The SMILES string of the molecule is Cn1ncc(CC(C)(C)N)c1Br. The molecule has 0 aromatic carbocycles. The Kier molecular flexibility index (Phi) is 2.58. The maximum atomic E-state index is 5.89. The number of hydrogen-bond acceptors (Lipinski definition) is 2. The monoisotopic (exact) mass is 231 g/mol. The van der Waals surface area contributed by atoms with Crippen molar-refractivity contribution < 1.29 is 0 Å². The molecule has 0 amide bonds. The predicted octanol–water partition coefficient (Wildman–Crippen LogP) is 1.46. The third kappa shape index (κ3) is 2.32. The van der Waals surface area contributed by atoms with Gasteiger partial charge in [0.25, 0.3) is 0 Å². The van der Waals surface area contributed by atoms with Gasteiger partial charge in [-0.15, -0.1) is 0 Å². The lowest BCUT2D eigenvalue weighted by Gasteiger charge is -2.17. The molecule has 0 saturated heterocycles. The van der Waals surface area contributed by atoms with E-state index in [1.165, 1.54) is 0 Å². The molecule has 0 saturated carbocycles. The van der Waals surface area contributed by atoms with Gasteiger partial charge in [0.1, 0.15) is 4.60 Å². The van der Waals surface area contributed by atoms with Crippen molar-refractivity contribution in [3.63, 3.8) is 0 Å². The number of nitrogens with zero attached hydrogens (tertiary/aromatic N) is 2. The van der Waals surface area contributed by atoms with E-state index in [0.29, 0.717) is 0 Å². The summed E-state index contributed by atoms with van der Waals surface area (Å²) in [4.78, 5) is 0. The molecule has 3 nitrogen and oxygen atoms in total. The fourth-order valence-corrected chi connectivity index (χ4v) is 1.41. The fraction of sp³-hybridized carbons (Fsp3) is 0.625. The number of nitrogens with two attached hydrogens (primary N) is 1. The first-order chi connectivity index (χ1) is 5.40. The summed E-state index contributed by atoms with van der Waals surface area (Å²) in [6.07, 6.45) is 2.68. The molecule has 0 atom stereocenters. The number of aryl methyl sites for hydroxylation is 1. The van der Waals surface area contributed by atoms with Gasteiger partial charge in [-0.3, -0.25) is 4.68 Å². The van der Waals surface area contributed by atoms with Crippen LogP contribution >= 0.6 is 15.9 Å². The topological polar surface area (TPSA) is 43.8 Å². The molecule has 1 rings (SSSR count). The normalized spacial score (nSPS) is 12.1. The third-order valence-corrected chi connectivity index (χ3v) is 2.60. The first-order valence-electron chi connectivity index (χ1n) is 3.85. The first kappa shape index (κ1) is 9.74. The van der Waals surface area contributed by atoms with E-state index in [2.05, 4.69) is 21.0 Å². The maximum absolute atomic E-state index is 5.89. The van der Waals surface area contributed by atoms with Crippen LogP contribution in [0.5, 0.6) is 0 Å². The lowest BCUT2D eigenvalue weighted by Crippen LogP contribution is -2.34. The Morgan fingerprint density at radius 1 is 1.67 bits per heavy atom. The molecule has 2 N–H and O–H groups in total. The molecule has 0 fully saturated rings. The minimum Gasteiger partial charge on any atom is -0.325 e. The van der Waals surface area contributed by atoms with E-state index in [9.17, 15) is 0 Å². The number of hydrogen-bond donors (Lipinski definition) is 1. The van der Waals surface area contributed by atoms with Crippen LogP contribution in [0.4, 0.5) is 0 Å². The van der Waals surface area contributed by atoms with Crippen molar-refractivity contribution in [2.45, 2.75) is 25.8 Å². The smallest absolute Gasteiger partial charge is 0.106 e. The largest absolute Gasteiger partial charge is 0.325 e. The highest BCUT2D eigenvalue weighted by Crippen LogP contribution is 2.19. The van der Waals surface area contributed by atoms with Gasteiger partial charge < -0.3 is 5.73 Å². The van der Waals surface area contributed by atoms with E-state index >= 15 is 0 Å². The Hall–Kier alpha value is -0.350. The average Bonchev–Trinajstić information content (AvgIpc) is 2.16. The summed E-state index contributed by atoms with van der Waals surface area (Å²) in [5.74, 6) is 0. The molecular weight excluding hydrogens is 218 g/mol. The summed E-state index contributed by atoms with van der Waals surface area (Å²) in [6, 6.07) is 0. The molecule has 0 spiro atoms. The highest BCUT2D eigenvalue weighted by atomic mass is 79.9. The molecule has 1 heterocycles. The Balaban J connectivity index is 2.83. The zero-order valence-corrected chi connectivity index (χ0v) is 9.22. The number of aromatic nitrogens is 2. The maximum Gasteiger partial charge on any atom is 0.106 e. The second-order valence-corrected chi connectivity index (χ2v) is 4.50. The van der Waals surface area contributed by atoms with Crippen LogP contribution in [0.15, 0.2) is 10.8 Å². The lowest BCUT2D eigenvalue weighted by atomic mass is 9.99. The quantitative estimate of drug-likeness (QED) is 0.838. The van der Waals surface area contributed by atoms with Crippen LogP contribution in [0.1, 0.15) is 19.4 Å². The van der Waals surface area contributed by atoms with E-state index in [1.807, 2.05) is 27.1 Å². The summed E-state index contributed by atoms with van der Waals surface area (Å²) in [5, 5.41) is 4.11. The van der Waals surface area contributed by atoms with Gasteiger partial charge in [0, 0.05) is 18.2 Å². The molecule has 0 aliphatic heterocycles. The van der Waals surface area contributed by atoms with Crippen molar-refractivity contribution in [2.24, 2.45) is 12.8 Å². The van der Waals surface area contributed by atoms with Crippen molar-refractivity contribution in [3.8, 4) is 0 Å². The van der Waals surface area contributed by atoms with Crippen LogP contribution in [0, 0.1) is 0 Å². The van der Waals surface area contributed by atoms with E-state index < -0.39 is 0 Å². The van der Waals surface area contributed by atoms with Crippen LogP contribution < -0.4 is 5.73 Å². The van der Waals surface area contributed by atoms with Crippen molar-refractivity contribution >= 4 is 15.9 Å². The van der Waals surface area contributed by atoms with E-state index in [4.69, 9.17) is 5.73 Å². The van der Waals surface area contributed by atoms with E-state index in [1.54, 1.807) is 4.68 Å². The van der Waals surface area contributed by atoms with Gasteiger partial charge in [-0.1, -0.05) is 0 Å². The number of halogens is 1. The zero-order chi connectivity index (χ0) is 9.35. The van der Waals surface area contributed by atoms with Crippen molar-refractivity contribution in [3.05, 3.63) is 16.4 Å². The Morgan fingerprint density at radius 3 is 2.58 bits per heavy atom. The third-order valence-electron chi connectivity index (χ3n) is 1.58. The molecule has 1 aromatic heterocycles. The minimum absolute atomic E-state index is 0.175. The Labute approximate surface area is 81.1 Å². The summed E-state index contributed by atoms with van der Waals surface area (Å²) in [7, 11) is 1.90. The Morgan fingerprint density at radius 2 is 2.25 bits per heavy atom. The van der Waals surface area contributed by atoms with Gasteiger partial charge in [0.05, 0.1) is 6.20 Å². The average molecular weight is 232 g/mol. The standard InChI is InChI=1S/C8H14BrN3/c1-8(2,10)4-6-5-11-12(3)7(6)9/h5H,4,10H2,1-3H3. The zero-order valence-electron chi connectivity index (χ0n) is 7.63.